The molecule has 1 heterocycles. The van der Waals surface area contributed by atoms with Gasteiger partial charge in [-0.2, -0.15) is 0 Å². The molecule has 2 aromatic carbocycles. The lowest BCUT2D eigenvalue weighted by atomic mass is 10.0. The van der Waals surface area contributed by atoms with E-state index in [9.17, 15) is 4.39 Å². The largest absolute Gasteiger partial charge is 0.497 e. The van der Waals surface area contributed by atoms with E-state index >= 15 is 0 Å². The number of hydrogen-bond acceptors (Lipinski definition) is 3. The van der Waals surface area contributed by atoms with Crippen LogP contribution < -0.4 is 10.5 Å². The molecular weight excluding hydrogens is 293 g/mol. The molecule has 3 nitrogen and oxygen atoms in total. The Morgan fingerprint density at radius 3 is 2.71 bits per heavy atom. The molecule has 3 aromatic rings. The third kappa shape index (κ3) is 2.60. The highest BCUT2D eigenvalue weighted by atomic mass is 35.5. The fraction of sp³-hybridized carbons (Fsp3) is 0.125. The van der Waals surface area contributed by atoms with E-state index in [1.54, 1.807) is 36.4 Å². The van der Waals surface area contributed by atoms with E-state index in [0.717, 1.165) is 5.39 Å². The lowest BCUT2D eigenvalue weighted by Gasteiger charge is -2.11. The van der Waals surface area contributed by atoms with Crippen molar-refractivity contribution in [2.24, 2.45) is 5.73 Å². The summed E-state index contributed by atoms with van der Waals surface area (Å²) in [6.07, 6.45) is 0. The van der Waals surface area contributed by atoms with Crippen molar-refractivity contribution in [1.82, 2.24) is 0 Å². The fourth-order valence-electron chi connectivity index (χ4n) is 2.23. The van der Waals surface area contributed by atoms with Crippen LogP contribution in [0.3, 0.4) is 0 Å². The summed E-state index contributed by atoms with van der Waals surface area (Å²) in [5.74, 6) is 0.497. The van der Waals surface area contributed by atoms with Crippen LogP contribution >= 0.6 is 11.6 Å². The van der Waals surface area contributed by atoms with Gasteiger partial charge in [0.05, 0.1) is 13.2 Å². The molecule has 0 radical (unpaired) electrons. The zero-order chi connectivity index (χ0) is 15.0. The van der Waals surface area contributed by atoms with Crippen LogP contribution in [0.5, 0.6) is 5.75 Å². The highest BCUT2D eigenvalue weighted by Gasteiger charge is 2.18. The van der Waals surface area contributed by atoms with Crippen molar-refractivity contribution in [3.63, 3.8) is 0 Å². The van der Waals surface area contributed by atoms with Gasteiger partial charge in [-0.1, -0.05) is 17.7 Å². The number of rotatable bonds is 3. The average Bonchev–Trinajstić information content (AvgIpc) is 2.89. The van der Waals surface area contributed by atoms with Gasteiger partial charge in [0.15, 0.2) is 0 Å². The summed E-state index contributed by atoms with van der Waals surface area (Å²) < 4.78 is 24.7. The van der Waals surface area contributed by atoms with Crippen LogP contribution in [-0.4, -0.2) is 7.11 Å². The molecule has 0 fully saturated rings. The lowest BCUT2D eigenvalue weighted by Crippen LogP contribution is -2.12. The third-order valence-corrected chi connectivity index (χ3v) is 3.58. The molecule has 21 heavy (non-hydrogen) atoms. The van der Waals surface area contributed by atoms with Gasteiger partial charge in [-0.25, -0.2) is 4.39 Å². The van der Waals surface area contributed by atoms with Gasteiger partial charge in [0, 0.05) is 22.0 Å². The zero-order valence-corrected chi connectivity index (χ0v) is 12.0. The van der Waals surface area contributed by atoms with E-state index in [0.29, 0.717) is 27.7 Å². The predicted octanol–water partition coefficient (Wildman–Crippen LogP) is 4.28. The van der Waals surface area contributed by atoms with Gasteiger partial charge in [0.1, 0.15) is 22.9 Å². The first-order valence-electron chi connectivity index (χ1n) is 6.36. The smallest absolute Gasteiger partial charge is 0.134 e. The summed E-state index contributed by atoms with van der Waals surface area (Å²) in [6, 6.07) is 10.9. The molecule has 0 spiro atoms. The maximum Gasteiger partial charge on any atom is 0.134 e. The maximum atomic E-state index is 14.1. The van der Waals surface area contributed by atoms with Crippen LogP contribution in [0.15, 0.2) is 46.9 Å². The molecule has 0 amide bonds. The number of hydrogen-bond donors (Lipinski definition) is 1. The molecule has 0 saturated carbocycles. The van der Waals surface area contributed by atoms with Crippen molar-refractivity contribution in [1.29, 1.82) is 0 Å². The van der Waals surface area contributed by atoms with Crippen molar-refractivity contribution in [2.75, 3.05) is 7.11 Å². The molecule has 1 atom stereocenters. The Kier molecular flexibility index (Phi) is 3.57. The number of nitrogens with two attached hydrogens (primary N) is 1. The first-order valence-corrected chi connectivity index (χ1v) is 6.74. The monoisotopic (exact) mass is 305 g/mol. The molecule has 3 rings (SSSR count). The second-order valence-corrected chi connectivity index (χ2v) is 5.13. The molecule has 0 aliphatic carbocycles. The van der Waals surface area contributed by atoms with Gasteiger partial charge in [0.25, 0.3) is 0 Å². The quantitative estimate of drug-likeness (QED) is 0.785. The molecule has 108 valence electrons. The fourth-order valence-corrected chi connectivity index (χ4v) is 2.41. The molecule has 0 bridgehead atoms. The van der Waals surface area contributed by atoms with E-state index < -0.39 is 11.9 Å². The minimum Gasteiger partial charge on any atom is -0.497 e. The van der Waals surface area contributed by atoms with Crippen LogP contribution in [0.1, 0.15) is 17.4 Å². The maximum absolute atomic E-state index is 14.1. The molecule has 1 unspecified atom stereocenters. The first kappa shape index (κ1) is 13.9. The number of fused-ring (bicyclic) bond motifs is 1. The summed E-state index contributed by atoms with van der Waals surface area (Å²) in [5, 5.41) is 1.45. The van der Waals surface area contributed by atoms with Gasteiger partial charge < -0.3 is 14.9 Å². The van der Waals surface area contributed by atoms with Crippen LogP contribution in [-0.2, 0) is 0 Å². The van der Waals surface area contributed by atoms with Gasteiger partial charge in [0.2, 0.25) is 0 Å². The van der Waals surface area contributed by atoms with Crippen LogP contribution in [0, 0.1) is 5.82 Å². The Morgan fingerprint density at radius 1 is 1.19 bits per heavy atom. The van der Waals surface area contributed by atoms with Crippen molar-refractivity contribution in [3.8, 4) is 5.75 Å². The Hall–Kier alpha value is -2.04. The molecule has 0 aliphatic rings. The van der Waals surface area contributed by atoms with E-state index in [1.807, 2.05) is 0 Å². The lowest BCUT2D eigenvalue weighted by molar-refractivity contribution is 0.410. The number of methoxy groups -OCH3 is 1. The summed E-state index contributed by atoms with van der Waals surface area (Å²) >= 11 is 5.94. The highest BCUT2D eigenvalue weighted by molar-refractivity contribution is 6.31. The van der Waals surface area contributed by atoms with E-state index in [1.165, 1.54) is 13.2 Å². The van der Waals surface area contributed by atoms with Gasteiger partial charge >= 0.3 is 0 Å². The van der Waals surface area contributed by atoms with Crippen molar-refractivity contribution >= 4 is 22.6 Å². The van der Waals surface area contributed by atoms with Gasteiger partial charge in [-0.3, -0.25) is 0 Å². The van der Waals surface area contributed by atoms with E-state index in [-0.39, 0.29) is 0 Å². The molecule has 0 aliphatic heterocycles. The third-order valence-electron chi connectivity index (χ3n) is 3.35. The van der Waals surface area contributed by atoms with E-state index in [4.69, 9.17) is 26.5 Å². The van der Waals surface area contributed by atoms with Crippen molar-refractivity contribution in [3.05, 3.63) is 64.6 Å². The first-order chi connectivity index (χ1) is 10.1. The van der Waals surface area contributed by atoms with Crippen molar-refractivity contribution in [2.45, 2.75) is 6.04 Å². The SMILES string of the molecule is COc1ccc(C(N)c2cc3cc(Cl)ccc3o2)c(F)c1. The summed E-state index contributed by atoms with van der Waals surface area (Å²) in [7, 11) is 1.48. The number of ether oxygens (including phenoxy) is 1. The molecular formula is C16H13ClFNO2. The summed E-state index contributed by atoms with van der Waals surface area (Å²) in [4.78, 5) is 0. The summed E-state index contributed by atoms with van der Waals surface area (Å²) in [6.45, 7) is 0. The molecule has 0 saturated heterocycles. The second-order valence-electron chi connectivity index (χ2n) is 4.70. The Labute approximate surface area is 126 Å². The highest BCUT2D eigenvalue weighted by Crippen LogP contribution is 2.30. The Morgan fingerprint density at radius 2 is 2.00 bits per heavy atom. The van der Waals surface area contributed by atoms with E-state index in [2.05, 4.69) is 0 Å². The van der Waals surface area contributed by atoms with Crippen LogP contribution in [0.2, 0.25) is 5.02 Å². The topological polar surface area (TPSA) is 48.4 Å². The molecule has 2 N–H and O–H groups in total. The number of furan rings is 1. The molecule has 1 aromatic heterocycles. The second kappa shape index (κ2) is 5.39. The predicted molar refractivity (Wildman–Crippen MR) is 80.2 cm³/mol. The number of halogens is 2. The standard InChI is InChI=1S/C16H13ClFNO2/c1-20-11-3-4-12(13(18)8-11)16(19)15-7-9-6-10(17)2-5-14(9)21-15/h2-8,16H,19H2,1H3. The van der Waals surface area contributed by atoms with Crippen LogP contribution in [0.25, 0.3) is 11.0 Å². The van der Waals surface area contributed by atoms with Gasteiger partial charge in [-0.15, -0.1) is 0 Å². The Bertz CT molecular complexity index is 800. The zero-order valence-electron chi connectivity index (χ0n) is 11.3. The summed E-state index contributed by atoms with van der Waals surface area (Å²) in [5.41, 5.74) is 7.12. The van der Waals surface area contributed by atoms with Gasteiger partial charge in [-0.05, 0) is 30.3 Å². The normalized spacial score (nSPS) is 12.6. The van der Waals surface area contributed by atoms with Crippen molar-refractivity contribution < 1.29 is 13.5 Å². The minimum atomic E-state index is -0.693. The average molecular weight is 306 g/mol. The number of benzene rings is 2. The molecule has 5 heteroatoms. The minimum absolute atomic E-state index is 0.348. The Balaban J connectivity index is 2.01. The van der Waals surface area contributed by atoms with Crippen LogP contribution in [0.4, 0.5) is 4.39 Å².